The molecule has 0 spiro atoms. The van der Waals surface area contributed by atoms with Gasteiger partial charge in [0, 0.05) is 15.8 Å². The maximum absolute atomic E-state index is 12.3. The van der Waals surface area contributed by atoms with Crippen molar-refractivity contribution in [2.75, 3.05) is 5.73 Å². The van der Waals surface area contributed by atoms with Gasteiger partial charge in [0.1, 0.15) is 17.3 Å². The van der Waals surface area contributed by atoms with Crippen molar-refractivity contribution in [3.05, 3.63) is 81.1 Å². The van der Waals surface area contributed by atoms with Crippen LogP contribution in [0.1, 0.15) is 21.6 Å². The quantitative estimate of drug-likeness (QED) is 0.558. The van der Waals surface area contributed by atoms with E-state index < -0.39 is 0 Å². The molecule has 3 aromatic rings. The number of benzene rings is 2. The number of nitrogens with two attached hydrogens (primary N) is 1. The predicted molar refractivity (Wildman–Crippen MR) is 110 cm³/mol. The maximum atomic E-state index is 12.3. The van der Waals surface area contributed by atoms with Crippen molar-refractivity contribution in [1.29, 1.82) is 0 Å². The van der Waals surface area contributed by atoms with Gasteiger partial charge >= 0.3 is 0 Å². The highest BCUT2D eigenvalue weighted by atomic mass is 127. The fourth-order valence-electron chi connectivity index (χ4n) is 2.40. The summed E-state index contributed by atoms with van der Waals surface area (Å²) in [5.74, 6) is 1.47. The monoisotopic (exact) mass is 459 g/mol. The molecule has 26 heavy (non-hydrogen) atoms. The molecule has 0 radical (unpaired) electrons. The lowest BCUT2D eigenvalue weighted by Crippen LogP contribution is -2.24. The molecule has 1 amide bonds. The lowest BCUT2D eigenvalue weighted by atomic mass is 10.2. The van der Waals surface area contributed by atoms with Gasteiger partial charge in [0.2, 0.25) is 0 Å². The Morgan fingerprint density at radius 3 is 2.62 bits per heavy atom. The van der Waals surface area contributed by atoms with E-state index in [1.165, 1.54) is 0 Å². The lowest BCUT2D eigenvalue weighted by Gasteiger charge is -2.10. The number of hydrogen-bond donors (Lipinski definition) is 2. The zero-order chi connectivity index (χ0) is 18.5. The minimum atomic E-state index is -0.251. The van der Waals surface area contributed by atoms with Crippen molar-refractivity contribution < 1.29 is 9.53 Å². The van der Waals surface area contributed by atoms with Crippen molar-refractivity contribution in [1.82, 2.24) is 10.3 Å². The number of anilines is 1. The van der Waals surface area contributed by atoms with Crippen LogP contribution in [0.15, 0.2) is 60.7 Å². The first-order chi connectivity index (χ1) is 12.5. The number of ether oxygens (including phenoxy) is 1. The van der Waals surface area contributed by atoms with E-state index in [1.807, 2.05) is 55.5 Å². The number of halogens is 1. The molecule has 0 bridgehead atoms. The van der Waals surface area contributed by atoms with E-state index in [4.69, 9.17) is 10.5 Å². The van der Waals surface area contributed by atoms with Crippen LogP contribution in [0.5, 0.6) is 11.5 Å². The van der Waals surface area contributed by atoms with Crippen LogP contribution in [0.25, 0.3) is 0 Å². The van der Waals surface area contributed by atoms with Crippen molar-refractivity contribution in [2.45, 2.75) is 13.5 Å². The van der Waals surface area contributed by atoms with E-state index in [2.05, 4.69) is 32.9 Å². The molecule has 0 aliphatic carbocycles. The summed E-state index contributed by atoms with van der Waals surface area (Å²) in [6.45, 7) is 2.20. The van der Waals surface area contributed by atoms with Gasteiger partial charge < -0.3 is 15.8 Å². The molecule has 0 unspecified atom stereocenters. The second kappa shape index (κ2) is 8.18. The van der Waals surface area contributed by atoms with E-state index in [0.717, 1.165) is 26.3 Å². The van der Waals surface area contributed by atoms with E-state index in [1.54, 1.807) is 12.1 Å². The normalized spacial score (nSPS) is 10.4. The first-order valence-electron chi connectivity index (χ1n) is 8.05. The SMILES string of the molecule is Cc1ccc(C(=O)NCc2cccc(Oc3ccc(I)cc3)c2)c(N)n1. The maximum Gasteiger partial charge on any atom is 0.255 e. The van der Waals surface area contributed by atoms with Crippen LogP contribution in [0, 0.1) is 10.5 Å². The molecular weight excluding hydrogens is 441 g/mol. The number of aromatic nitrogens is 1. The summed E-state index contributed by atoms with van der Waals surface area (Å²) in [7, 11) is 0. The highest BCUT2D eigenvalue weighted by Crippen LogP contribution is 2.23. The van der Waals surface area contributed by atoms with Gasteiger partial charge in [-0.2, -0.15) is 0 Å². The molecule has 132 valence electrons. The minimum absolute atomic E-state index is 0.235. The molecule has 0 aliphatic rings. The van der Waals surface area contributed by atoms with Crippen molar-refractivity contribution in [3.63, 3.8) is 0 Å². The zero-order valence-corrected chi connectivity index (χ0v) is 16.4. The first kappa shape index (κ1) is 18.2. The fraction of sp³-hybridized carbons (Fsp3) is 0.100. The van der Waals surface area contributed by atoms with Crippen molar-refractivity contribution >= 4 is 34.3 Å². The number of rotatable bonds is 5. The summed E-state index contributed by atoms with van der Waals surface area (Å²) in [6.07, 6.45) is 0. The summed E-state index contributed by atoms with van der Waals surface area (Å²) in [5, 5.41) is 2.86. The van der Waals surface area contributed by atoms with Crippen LogP contribution in [-0.2, 0) is 6.54 Å². The molecule has 0 saturated carbocycles. The molecular formula is C20H18IN3O2. The molecule has 1 heterocycles. The largest absolute Gasteiger partial charge is 0.457 e. The number of hydrogen-bond acceptors (Lipinski definition) is 4. The molecule has 0 aliphatic heterocycles. The third-order valence-electron chi connectivity index (χ3n) is 3.71. The Bertz CT molecular complexity index is 927. The van der Waals surface area contributed by atoms with Gasteiger partial charge in [-0.15, -0.1) is 0 Å². The minimum Gasteiger partial charge on any atom is -0.457 e. The van der Waals surface area contributed by atoms with Crippen LogP contribution in [-0.4, -0.2) is 10.9 Å². The van der Waals surface area contributed by atoms with E-state index in [0.29, 0.717) is 12.1 Å². The fourth-order valence-corrected chi connectivity index (χ4v) is 2.76. The standard InChI is InChI=1S/C20H18IN3O2/c1-13-5-10-18(19(22)24-13)20(25)23-12-14-3-2-4-17(11-14)26-16-8-6-15(21)7-9-16/h2-11H,12H2,1H3,(H2,22,24)(H,23,25). The van der Waals surface area contributed by atoms with Gasteiger partial charge in [-0.1, -0.05) is 12.1 Å². The number of carbonyl (C=O) groups is 1. The summed E-state index contributed by atoms with van der Waals surface area (Å²) >= 11 is 2.25. The number of nitrogens with one attached hydrogen (secondary N) is 1. The molecule has 0 fully saturated rings. The lowest BCUT2D eigenvalue weighted by molar-refractivity contribution is 0.0951. The molecule has 5 nitrogen and oxygen atoms in total. The Morgan fingerprint density at radius 2 is 1.88 bits per heavy atom. The predicted octanol–water partition coefficient (Wildman–Crippen LogP) is 4.30. The van der Waals surface area contributed by atoms with Gasteiger partial charge in [-0.05, 0) is 83.6 Å². The highest BCUT2D eigenvalue weighted by Gasteiger charge is 2.10. The Hall–Kier alpha value is -2.61. The molecule has 3 rings (SSSR count). The average molecular weight is 459 g/mol. The van der Waals surface area contributed by atoms with Crippen LogP contribution < -0.4 is 15.8 Å². The third-order valence-corrected chi connectivity index (χ3v) is 4.43. The summed E-state index contributed by atoms with van der Waals surface area (Å²) in [5.41, 5.74) is 7.90. The van der Waals surface area contributed by atoms with Gasteiger partial charge in [0.05, 0.1) is 5.56 Å². The Labute approximate surface area is 165 Å². The first-order valence-corrected chi connectivity index (χ1v) is 9.13. The second-order valence-corrected chi connectivity index (χ2v) is 7.02. The van der Waals surface area contributed by atoms with E-state index >= 15 is 0 Å². The van der Waals surface area contributed by atoms with E-state index in [-0.39, 0.29) is 11.7 Å². The summed E-state index contributed by atoms with van der Waals surface area (Å²) in [4.78, 5) is 16.4. The number of nitrogens with zero attached hydrogens (tertiary/aromatic N) is 1. The molecule has 2 aromatic carbocycles. The van der Waals surface area contributed by atoms with Gasteiger partial charge in [0.25, 0.3) is 5.91 Å². The van der Waals surface area contributed by atoms with Gasteiger partial charge in [-0.3, -0.25) is 4.79 Å². The zero-order valence-electron chi connectivity index (χ0n) is 14.2. The van der Waals surface area contributed by atoms with Crippen molar-refractivity contribution in [2.24, 2.45) is 0 Å². The molecule has 3 N–H and O–H groups in total. The van der Waals surface area contributed by atoms with Crippen LogP contribution >= 0.6 is 22.6 Å². The Morgan fingerprint density at radius 1 is 1.12 bits per heavy atom. The van der Waals surface area contributed by atoms with Gasteiger partial charge in [0.15, 0.2) is 0 Å². The van der Waals surface area contributed by atoms with Crippen LogP contribution in [0.3, 0.4) is 0 Å². The number of pyridine rings is 1. The summed E-state index contributed by atoms with van der Waals surface area (Å²) in [6, 6.07) is 18.9. The second-order valence-electron chi connectivity index (χ2n) is 5.77. The molecule has 6 heteroatoms. The van der Waals surface area contributed by atoms with Crippen molar-refractivity contribution in [3.8, 4) is 11.5 Å². The Kier molecular flexibility index (Phi) is 5.72. The van der Waals surface area contributed by atoms with Crippen LogP contribution in [0.4, 0.5) is 5.82 Å². The number of amides is 1. The average Bonchev–Trinajstić information content (AvgIpc) is 2.62. The number of nitrogen functional groups attached to an aromatic ring is 1. The smallest absolute Gasteiger partial charge is 0.255 e. The number of carbonyl (C=O) groups excluding carboxylic acids is 1. The highest BCUT2D eigenvalue weighted by molar-refractivity contribution is 14.1. The van der Waals surface area contributed by atoms with Gasteiger partial charge in [-0.25, -0.2) is 4.98 Å². The molecule has 0 saturated heterocycles. The molecule has 0 atom stereocenters. The third kappa shape index (κ3) is 4.72. The van der Waals surface area contributed by atoms with Crippen LogP contribution in [0.2, 0.25) is 0 Å². The Balaban J connectivity index is 1.65. The van der Waals surface area contributed by atoms with E-state index in [9.17, 15) is 4.79 Å². The molecule has 1 aromatic heterocycles. The topological polar surface area (TPSA) is 77.2 Å². The number of aryl methyl sites for hydroxylation is 1. The summed E-state index contributed by atoms with van der Waals surface area (Å²) < 4.78 is 7.00.